The molecular weight excluding hydrogens is 518 g/mol. The Morgan fingerprint density at radius 3 is 1.85 bits per heavy atom. The van der Waals surface area contributed by atoms with Crippen LogP contribution in [-0.2, 0) is 30.3 Å². The third-order valence-electron chi connectivity index (χ3n) is 6.19. The van der Waals surface area contributed by atoms with E-state index in [9.17, 15) is 24.3 Å². The van der Waals surface area contributed by atoms with Crippen LogP contribution >= 0.6 is 0 Å². The number of ether oxygens (including phenoxy) is 4. The molecule has 0 fully saturated rings. The summed E-state index contributed by atoms with van der Waals surface area (Å²) in [5.74, 6) is -1.59. The zero-order chi connectivity index (χ0) is 30.5. The van der Waals surface area contributed by atoms with E-state index in [1.807, 2.05) is 34.6 Å². The number of hydrogen-bond donors (Lipinski definition) is 2. The molecule has 0 aromatic heterocycles. The molecule has 1 aromatic carbocycles. The number of carboxylic acid groups (broad SMARTS) is 1. The molecule has 0 saturated carbocycles. The molecule has 0 amide bonds. The van der Waals surface area contributed by atoms with Gasteiger partial charge < -0.3 is 29.8 Å². The first-order valence-corrected chi connectivity index (χ1v) is 14.1. The van der Waals surface area contributed by atoms with Crippen LogP contribution in [0.15, 0.2) is 18.2 Å². The highest BCUT2D eigenvalue weighted by Crippen LogP contribution is 2.32. The second-order valence-corrected chi connectivity index (χ2v) is 11.3. The minimum Gasteiger partial charge on any atom is -0.480 e. The van der Waals surface area contributed by atoms with E-state index in [1.165, 1.54) is 19.1 Å². The van der Waals surface area contributed by atoms with E-state index in [4.69, 9.17) is 24.7 Å². The lowest BCUT2D eigenvalue weighted by atomic mass is 9.86. The van der Waals surface area contributed by atoms with E-state index >= 15 is 0 Å². The predicted octanol–water partition coefficient (Wildman–Crippen LogP) is 5.81. The van der Waals surface area contributed by atoms with Gasteiger partial charge in [-0.2, -0.15) is 0 Å². The number of carboxylic acids is 1. The van der Waals surface area contributed by atoms with Gasteiger partial charge in [0.1, 0.15) is 17.7 Å². The molecule has 3 atom stereocenters. The third-order valence-corrected chi connectivity index (χ3v) is 6.19. The Kier molecular flexibility index (Phi) is 14.7. The van der Waals surface area contributed by atoms with Crippen LogP contribution in [0, 0.1) is 11.8 Å². The number of nitrogens with two attached hydrogens (primary N) is 1. The fraction of sp³-hybridized carbons (Fsp3) is 0.667. The largest absolute Gasteiger partial charge is 0.508 e. The number of carbonyl (C=O) groups is 4. The highest BCUT2D eigenvalue weighted by molar-refractivity contribution is 5.79. The maximum Gasteiger partial charge on any atom is 0.508 e. The first kappa shape index (κ1) is 34.9. The van der Waals surface area contributed by atoms with Gasteiger partial charge in [-0.1, -0.05) is 47.1 Å². The molecule has 1 rings (SSSR count). The summed E-state index contributed by atoms with van der Waals surface area (Å²) in [7, 11) is 0. The van der Waals surface area contributed by atoms with Crippen LogP contribution in [0.25, 0.3) is 0 Å². The van der Waals surface area contributed by atoms with Crippen LogP contribution < -0.4 is 15.2 Å². The van der Waals surface area contributed by atoms with Gasteiger partial charge in [0.15, 0.2) is 11.5 Å². The molecule has 0 aliphatic carbocycles. The van der Waals surface area contributed by atoms with Gasteiger partial charge in [0.2, 0.25) is 0 Å². The number of carbonyl (C=O) groups excluding carboxylic acids is 3. The quantitative estimate of drug-likeness (QED) is 0.175. The van der Waals surface area contributed by atoms with Crippen molar-refractivity contribution >= 4 is 24.1 Å². The summed E-state index contributed by atoms with van der Waals surface area (Å²) in [6, 6.07) is 4.48. The molecule has 0 aliphatic rings. The molecule has 226 valence electrons. The molecule has 3 N–H and O–H groups in total. The SMILES string of the molecule is CCCC(C)OC(=O)O[C@@H](C)CC(N)(Cc1ccc(OC(=O)CCC(C)C)c(OC(=O)CCC(C)C)c1)C(=O)O. The van der Waals surface area contributed by atoms with Gasteiger partial charge in [-0.3, -0.25) is 14.4 Å². The lowest BCUT2D eigenvalue weighted by molar-refractivity contribution is -0.145. The number of hydrogen-bond acceptors (Lipinski definition) is 9. The van der Waals surface area contributed by atoms with Crippen molar-refractivity contribution in [3.8, 4) is 11.5 Å². The van der Waals surface area contributed by atoms with Crippen LogP contribution in [0.1, 0.15) is 99.0 Å². The first-order valence-electron chi connectivity index (χ1n) is 14.1. The molecule has 1 aromatic rings. The van der Waals surface area contributed by atoms with Crippen LogP contribution in [0.5, 0.6) is 11.5 Å². The van der Waals surface area contributed by atoms with Gasteiger partial charge >= 0.3 is 24.1 Å². The van der Waals surface area contributed by atoms with E-state index in [-0.39, 0.29) is 49.2 Å². The molecule has 2 unspecified atom stereocenters. The topological polar surface area (TPSA) is 151 Å². The van der Waals surface area contributed by atoms with E-state index in [2.05, 4.69) is 0 Å². The lowest BCUT2D eigenvalue weighted by Crippen LogP contribution is -2.52. The number of esters is 2. The van der Waals surface area contributed by atoms with Gasteiger partial charge in [0.25, 0.3) is 0 Å². The zero-order valence-corrected chi connectivity index (χ0v) is 25.0. The molecule has 40 heavy (non-hydrogen) atoms. The highest BCUT2D eigenvalue weighted by atomic mass is 16.7. The minimum atomic E-state index is -1.82. The van der Waals surface area contributed by atoms with Crippen LogP contribution in [0.3, 0.4) is 0 Å². The average Bonchev–Trinajstić information content (AvgIpc) is 2.82. The monoisotopic (exact) mass is 565 g/mol. The Balaban J connectivity index is 3.12. The van der Waals surface area contributed by atoms with Crippen molar-refractivity contribution in [3.05, 3.63) is 23.8 Å². The van der Waals surface area contributed by atoms with Crippen molar-refractivity contribution in [2.75, 3.05) is 0 Å². The number of rotatable bonds is 17. The summed E-state index contributed by atoms with van der Waals surface area (Å²) in [5, 5.41) is 9.95. The Hall–Kier alpha value is -3.14. The fourth-order valence-corrected chi connectivity index (χ4v) is 3.96. The summed E-state index contributed by atoms with van der Waals surface area (Å²) in [5.41, 5.74) is 4.91. The zero-order valence-electron chi connectivity index (χ0n) is 25.0. The van der Waals surface area contributed by atoms with E-state index in [0.717, 1.165) is 6.42 Å². The minimum absolute atomic E-state index is 0.00896. The Morgan fingerprint density at radius 1 is 0.825 bits per heavy atom. The van der Waals surface area contributed by atoms with Gasteiger partial charge in [-0.25, -0.2) is 4.79 Å². The van der Waals surface area contributed by atoms with Crippen LogP contribution in [-0.4, -0.2) is 46.9 Å². The summed E-state index contributed by atoms with van der Waals surface area (Å²) >= 11 is 0. The molecule has 0 saturated heterocycles. The Bertz CT molecular complexity index is 991. The van der Waals surface area contributed by atoms with E-state index < -0.39 is 35.7 Å². The van der Waals surface area contributed by atoms with Crippen molar-refractivity contribution in [2.45, 2.75) is 118 Å². The maximum atomic E-state index is 12.5. The smallest absolute Gasteiger partial charge is 0.480 e. The standard InChI is InChI=1S/C30H47NO9/c1-8-9-21(6)37-29(36)38-22(7)17-30(31,28(34)35)18-23-12-13-24(39-26(32)14-10-19(2)3)25(16-23)40-27(33)15-11-20(4)5/h12-13,16,19-22H,8-11,14-15,17-18,31H2,1-7H3,(H,34,35)/t21?,22-,30?/m0/s1. The Morgan fingerprint density at radius 2 is 1.35 bits per heavy atom. The second kappa shape index (κ2) is 16.8. The molecular formula is C30H47NO9. The molecule has 0 heterocycles. The van der Waals surface area contributed by atoms with Crippen molar-refractivity contribution < 1.29 is 43.2 Å². The molecule has 0 spiro atoms. The number of benzene rings is 1. The second-order valence-electron chi connectivity index (χ2n) is 11.3. The normalized spacial score (nSPS) is 14.2. The van der Waals surface area contributed by atoms with E-state index in [1.54, 1.807) is 13.0 Å². The summed E-state index contributed by atoms with van der Waals surface area (Å²) in [6.45, 7) is 13.2. The average molecular weight is 566 g/mol. The van der Waals surface area contributed by atoms with Crippen molar-refractivity contribution in [1.82, 2.24) is 0 Å². The predicted molar refractivity (Wildman–Crippen MR) is 150 cm³/mol. The fourth-order valence-electron chi connectivity index (χ4n) is 3.96. The van der Waals surface area contributed by atoms with Gasteiger partial charge in [0.05, 0.1) is 0 Å². The van der Waals surface area contributed by atoms with Crippen molar-refractivity contribution in [2.24, 2.45) is 17.6 Å². The van der Waals surface area contributed by atoms with Gasteiger partial charge in [-0.05, 0) is 62.6 Å². The van der Waals surface area contributed by atoms with Crippen LogP contribution in [0.2, 0.25) is 0 Å². The molecule has 10 heteroatoms. The molecule has 0 radical (unpaired) electrons. The maximum absolute atomic E-state index is 12.5. The molecule has 0 bridgehead atoms. The number of aliphatic carboxylic acids is 1. The lowest BCUT2D eigenvalue weighted by Gasteiger charge is -2.28. The summed E-state index contributed by atoms with van der Waals surface area (Å²) in [6.07, 6.45) is 0.689. The van der Waals surface area contributed by atoms with E-state index in [0.29, 0.717) is 30.7 Å². The Labute approximate surface area is 237 Å². The molecule has 10 nitrogen and oxygen atoms in total. The highest BCUT2D eigenvalue weighted by Gasteiger charge is 2.37. The summed E-state index contributed by atoms with van der Waals surface area (Å²) in [4.78, 5) is 49.2. The third kappa shape index (κ3) is 13.3. The first-order chi connectivity index (χ1) is 18.6. The summed E-state index contributed by atoms with van der Waals surface area (Å²) < 4.78 is 21.4. The van der Waals surface area contributed by atoms with Crippen molar-refractivity contribution in [3.63, 3.8) is 0 Å². The van der Waals surface area contributed by atoms with Gasteiger partial charge in [-0.15, -0.1) is 0 Å². The van der Waals surface area contributed by atoms with Crippen LogP contribution in [0.4, 0.5) is 4.79 Å². The molecule has 0 aliphatic heterocycles. The van der Waals surface area contributed by atoms with Gasteiger partial charge in [0, 0.05) is 25.7 Å². The van der Waals surface area contributed by atoms with Crippen molar-refractivity contribution in [1.29, 1.82) is 0 Å².